The van der Waals surface area contributed by atoms with Crippen molar-refractivity contribution in [1.82, 2.24) is 14.5 Å². The standard InChI is InChI=1S/C23H33N3OS.ClH/c1-5-6-9-12-26-16-21(20-10-7-8-11-22(20)26)23-24-19(17-28-23)15-25(18(2)3)13-14-27-4;/h7-8,10-11,16-18H,5-6,9,12-15H2,1-4H3;1H. The molecule has 3 rings (SSSR count). The molecule has 0 aliphatic rings. The Hall–Kier alpha value is -1.40. The largest absolute Gasteiger partial charge is 0.383 e. The molecule has 160 valence electrons. The van der Waals surface area contributed by atoms with Crippen molar-refractivity contribution >= 4 is 34.6 Å². The van der Waals surface area contributed by atoms with Crippen molar-refractivity contribution in [3.63, 3.8) is 0 Å². The maximum absolute atomic E-state index is 5.26. The third kappa shape index (κ3) is 6.05. The Kier molecular flexibility index (Phi) is 9.63. The van der Waals surface area contributed by atoms with E-state index in [0.29, 0.717) is 6.04 Å². The van der Waals surface area contributed by atoms with Gasteiger partial charge in [0, 0.05) is 60.8 Å². The topological polar surface area (TPSA) is 30.3 Å². The van der Waals surface area contributed by atoms with Crippen LogP contribution in [0.25, 0.3) is 21.5 Å². The highest BCUT2D eigenvalue weighted by atomic mass is 35.5. The van der Waals surface area contributed by atoms with Crippen LogP contribution in [-0.2, 0) is 17.8 Å². The fourth-order valence-electron chi connectivity index (χ4n) is 3.57. The summed E-state index contributed by atoms with van der Waals surface area (Å²) in [6.07, 6.45) is 6.04. The van der Waals surface area contributed by atoms with Gasteiger partial charge >= 0.3 is 0 Å². The van der Waals surface area contributed by atoms with Gasteiger partial charge in [-0.25, -0.2) is 4.98 Å². The van der Waals surface area contributed by atoms with Gasteiger partial charge in [0.2, 0.25) is 0 Å². The molecule has 0 bridgehead atoms. The molecule has 2 heterocycles. The van der Waals surface area contributed by atoms with Gasteiger partial charge in [-0.1, -0.05) is 38.0 Å². The number of para-hydroxylation sites is 1. The summed E-state index contributed by atoms with van der Waals surface area (Å²) in [6, 6.07) is 9.18. The zero-order valence-electron chi connectivity index (χ0n) is 18.1. The first kappa shape index (κ1) is 23.9. The van der Waals surface area contributed by atoms with Gasteiger partial charge in [-0.3, -0.25) is 4.90 Å². The predicted molar refractivity (Wildman–Crippen MR) is 127 cm³/mol. The van der Waals surface area contributed by atoms with Gasteiger partial charge in [-0.2, -0.15) is 0 Å². The number of unbranched alkanes of at least 4 members (excludes halogenated alkanes) is 2. The van der Waals surface area contributed by atoms with Crippen molar-refractivity contribution in [1.29, 1.82) is 0 Å². The molecule has 29 heavy (non-hydrogen) atoms. The molecule has 0 saturated carbocycles. The first-order valence-electron chi connectivity index (χ1n) is 10.4. The Balaban J connectivity index is 0.00000300. The number of methoxy groups -OCH3 is 1. The van der Waals surface area contributed by atoms with E-state index in [1.807, 2.05) is 0 Å². The van der Waals surface area contributed by atoms with Crippen LogP contribution in [0, 0.1) is 0 Å². The second-order valence-corrected chi connectivity index (χ2v) is 8.52. The van der Waals surface area contributed by atoms with Crippen LogP contribution in [0.15, 0.2) is 35.8 Å². The monoisotopic (exact) mass is 435 g/mol. The number of hydrogen-bond acceptors (Lipinski definition) is 4. The van der Waals surface area contributed by atoms with E-state index >= 15 is 0 Å². The third-order valence-electron chi connectivity index (χ3n) is 5.25. The van der Waals surface area contributed by atoms with E-state index in [1.165, 1.54) is 35.7 Å². The summed E-state index contributed by atoms with van der Waals surface area (Å²) >= 11 is 1.75. The SMILES string of the molecule is CCCCCn1cc(-c2nc(CN(CCOC)C(C)C)cs2)c2ccccc21.Cl. The molecular weight excluding hydrogens is 402 g/mol. The van der Waals surface area contributed by atoms with Crippen molar-refractivity contribution in [2.24, 2.45) is 0 Å². The van der Waals surface area contributed by atoms with Crippen LogP contribution in [0.4, 0.5) is 0 Å². The minimum Gasteiger partial charge on any atom is -0.383 e. The highest BCUT2D eigenvalue weighted by Crippen LogP contribution is 2.33. The number of halogens is 1. The molecule has 1 aromatic carbocycles. The fraction of sp³-hybridized carbons (Fsp3) is 0.522. The summed E-state index contributed by atoms with van der Waals surface area (Å²) in [5, 5.41) is 4.64. The lowest BCUT2D eigenvalue weighted by Gasteiger charge is -2.25. The maximum Gasteiger partial charge on any atom is 0.125 e. The molecule has 0 saturated heterocycles. The molecule has 0 spiro atoms. The Morgan fingerprint density at radius 3 is 2.72 bits per heavy atom. The third-order valence-corrected chi connectivity index (χ3v) is 6.18. The molecule has 0 unspecified atom stereocenters. The first-order valence-corrected chi connectivity index (χ1v) is 11.3. The minimum atomic E-state index is 0. The average molecular weight is 436 g/mol. The summed E-state index contributed by atoms with van der Waals surface area (Å²) < 4.78 is 7.67. The zero-order chi connectivity index (χ0) is 19.9. The van der Waals surface area contributed by atoms with E-state index in [2.05, 4.69) is 66.1 Å². The fourth-order valence-corrected chi connectivity index (χ4v) is 4.41. The quantitative estimate of drug-likeness (QED) is 0.334. The van der Waals surface area contributed by atoms with Gasteiger partial charge in [-0.15, -0.1) is 23.7 Å². The second kappa shape index (κ2) is 11.7. The van der Waals surface area contributed by atoms with Crippen LogP contribution in [-0.4, -0.2) is 40.8 Å². The molecule has 4 nitrogen and oxygen atoms in total. The molecule has 0 N–H and O–H groups in total. The lowest BCUT2D eigenvalue weighted by molar-refractivity contribution is 0.124. The molecule has 6 heteroatoms. The van der Waals surface area contributed by atoms with Gasteiger partial charge in [0.25, 0.3) is 0 Å². The van der Waals surface area contributed by atoms with Gasteiger partial charge in [0.05, 0.1) is 12.3 Å². The number of hydrogen-bond donors (Lipinski definition) is 0. The van der Waals surface area contributed by atoms with Crippen LogP contribution in [0.5, 0.6) is 0 Å². The Morgan fingerprint density at radius 2 is 2.00 bits per heavy atom. The summed E-state index contributed by atoms with van der Waals surface area (Å²) in [5.41, 5.74) is 3.72. The van der Waals surface area contributed by atoms with E-state index < -0.39 is 0 Å². The normalized spacial score (nSPS) is 11.5. The van der Waals surface area contributed by atoms with Crippen LogP contribution in [0.1, 0.15) is 45.7 Å². The molecule has 0 atom stereocenters. The van der Waals surface area contributed by atoms with Crippen molar-refractivity contribution in [3.8, 4) is 10.6 Å². The number of nitrogens with zero attached hydrogens (tertiary/aromatic N) is 3. The Bertz CT molecular complexity index is 874. The van der Waals surface area contributed by atoms with Crippen molar-refractivity contribution in [2.45, 2.75) is 59.2 Å². The number of benzene rings is 1. The number of aromatic nitrogens is 2. The average Bonchev–Trinajstić information content (AvgIpc) is 3.30. The Morgan fingerprint density at radius 1 is 1.21 bits per heavy atom. The smallest absolute Gasteiger partial charge is 0.125 e. The van der Waals surface area contributed by atoms with Crippen LogP contribution < -0.4 is 0 Å². The number of fused-ring (bicyclic) bond motifs is 1. The molecular formula is C23H34ClN3OS. The second-order valence-electron chi connectivity index (χ2n) is 7.66. The maximum atomic E-state index is 5.26. The molecule has 0 amide bonds. The van der Waals surface area contributed by atoms with E-state index in [-0.39, 0.29) is 12.4 Å². The summed E-state index contributed by atoms with van der Waals surface area (Å²) in [5.74, 6) is 0. The number of thiazole rings is 1. The van der Waals surface area contributed by atoms with Crippen molar-refractivity contribution in [2.75, 3.05) is 20.3 Å². The summed E-state index contributed by atoms with van der Waals surface area (Å²) in [4.78, 5) is 7.41. The molecule has 0 fully saturated rings. The van der Waals surface area contributed by atoms with Gasteiger partial charge in [0.1, 0.15) is 5.01 Å². The first-order chi connectivity index (χ1) is 13.6. The number of ether oxygens (including phenoxy) is 1. The van der Waals surface area contributed by atoms with Gasteiger partial charge < -0.3 is 9.30 Å². The van der Waals surface area contributed by atoms with Crippen LogP contribution in [0.3, 0.4) is 0 Å². The highest BCUT2D eigenvalue weighted by Gasteiger charge is 2.16. The number of rotatable bonds is 11. The molecule has 0 aliphatic carbocycles. The van der Waals surface area contributed by atoms with Crippen LogP contribution in [0.2, 0.25) is 0 Å². The summed E-state index contributed by atoms with van der Waals surface area (Å²) in [7, 11) is 1.76. The van der Waals surface area contributed by atoms with E-state index in [9.17, 15) is 0 Å². The lowest BCUT2D eigenvalue weighted by Crippen LogP contribution is -2.33. The predicted octanol–water partition coefficient (Wildman–Crippen LogP) is 6.23. The van der Waals surface area contributed by atoms with Crippen molar-refractivity contribution < 1.29 is 4.74 Å². The van der Waals surface area contributed by atoms with E-state index in [1.54, 1.807) is 18.4 Å². The minimum absolute atomic E-state index is 0. The highest BCUT2D eigenvalue weighted by molar-refractivity contribution is 7.13. The lowest BCUT2D eigenvalue weighted by atomic mass is 10.2. The summed E-state index contributed by atoms with van der Waals surface area (Å²) in [6.45, 7) is 10.3. The molecule has 3 aromatic rings. The van der Waals surface area contributed by atoms with E-state index in [0.717, 1.165) is 36.9 Å². The molecule has 0 radical (unpaired) electrons. The molecule has 0 aliphatic heterocycles. The van der Waals surface area contributed by atoms with Gasteiger partial charge in [-0.05, 0) is 26.3 Å². The molecule has 2 aromatic heterocycles. The van der Waals surface area contributed by atoms with Crippen molar-refractivity contribution in [3.05, 3.63) is 41.5 Å². The van der Waals surface area contributed by atoms with E-state index in [4.69, 9.17) is 9.72 Å². The zero-order valence-corrected chi connectivity index (χ0v) is 19.7. The van der Waals surface area contributed by atoms with Crippen LogP contribution >= 0.6 is 23.7 Å². The number of aryl methyl sites for hydroxylation is 1. The van der Waals surface area contributed by atoms with Gasteiger partial charge in [0.15, 0.2) is 0 Å². The Labute approximate surface area is 185 Å².